The van der Waals surface area contributed by atoms with Gasteiger partial charge in [-0.05, 0) is 31.2 Å². The van der Waals surface area contributed by atoms with Crippen molar-refractivity contribution in [1.82, 2.24) is 10.6 Å². The van der Waals surface area contributed by atoms with Crippen LogP contribution in [-0.4, -0.2) is 58.5 Å². The van der Waals surface area contributed by atoms with Crippen molar-refractivity contribution in [2.75, 3.05) is 40.5 Å². The van der Waals surface area contributed by atoms with Crippen molar-refractivity contribution in [1.29, 1.82) is 0 Å². The molecule has 8 nitrogen and oxygen atoms in total. The number of carbonyl (C=O) groups excluding carboxylic acids is 2. The molecule has 1 unspecified atom stereocenters. The normalized spacial score (nSPS) is 11.2. The van der Waals surface area contributed by atoms with Crippen LogP contribution in [0.2, 0.25) is 0 Å². The van der Waals surface area contributed by atoms with Crippen molar-refractivity contribution in [2.45, 2.75) is 13.0 Å². The van der Waals surface area contributed by atoms with E-state index in [0.717, 1.165) is 5.70 Å². The van der Waals surface area contributed by atoms with Crippen LogP contribution < -0.4 is 20.1 Å². The van der Waals surface area contributed by atoms with Gasteiger partial charge in [-0.3, -0.25) is 4.79 Å². The van der Waals surface area contributed by atoms with Crippen LogP contribution in [0.4, 0.5) is 0 Å². The minimum absolute atomic E-state index is 0.0673. The van der Waals surface area contributed by atoms with Gasteiger partial charge in [-0.1, -0.05) is 6.58 Å². The number of amides is 1. The Balaban J connectivity index is 2.40. The van der Waals surface area contributed by atoms with Crippen LogP contribution in [0.25, 0.3) is 0 Å². The molecule has 0 spiro atoms. The van der Waals surface area contributed by atoms with Gasteiger partial charge in [-0.15, -0.1) is 0 Å². The predicted octanol–water partition coefficient (Wildman–Crippen LogP) is 0.872. The quantitative estimate of drug-likeness (QED) is 0.530. The summed E-state index contributed by atoms with van der Waals surface area (Å²) >= 11 is 0. The Bertz CT molecular complexity index is 588. The molecule has 1 atom stereocenters. The zero-order valence-corrected chi connectivity index (χ0v) is 15.4. The van der Waals surface area contributed by atoms with Gasteiger partial charge in [0.15, 0.2) is 13.2 Å². The van der Waals surface area contributed by atoms with Crippen LogP contribution in [0.3, 0.4) is 0 Å². The Hall–Kier alpha value is -2.74. The van der Waals surface area contributed by atoms with Crippen LogP contribution in [0.5, 0.6) is 11.5 Å². The second-order valence-electron chi connectivity index (χ2n) is 5.45. The average molecular weight is 366 g/mol. The number of likely N-dealkylation sites (N-methyl/N-ethyl adjacent to an activating group) is 1. The molecular formula is C18H26N2O6. The van der Waals surface area contributed by atoms with Crippen molar-refractivity contribution < 1.29 is 28.5 Å². The van der Waals surface area contributed by atoms with Gasteiger partial charge in [0.2, 0.25) is 0 Å². The molecule has 0 heterocycles. The first-order chi connectivity index (χ1) is 12.4. The Morgan fingerprint density at radius 1 is 1.12 bits per heavy atom. The summed E-state index contributed by atoms with van der Waals surface area (Å²) in [6.07, 6.45) is -0.437. The minimum Gasteiger partial charge on any atom is -0.484 e. The highest BCUT2D eigenvalue weighted by Crippen LogP contribution is 2.17. The third-order valence-corrected chi connectivity index (χ3v) is 3.11. The topological polar surface area (TPSA) is 95.1 Å². The maximum absolute atomic E-state index is 11.9. The van der Waals surface area contributed by atoms with Crippen molar-refractivity contribution >= 4 is 11.9 Å². The molecule has 0 saturated carbocycles. The summed E-state index contributed by atoms with van der Waals surface area (Å²) in [6, 6.07) is 6.58. The molecule has 0 bridgehead atoms. The summed E-state index contributed by atoms with van der Waals surface area (Å²) < 4.78 is 21.0. The smallest absolute Gasteiger partial charge is 0.344 e. The maximum Gasteiger partial charge on any atom is 0.344 e. The Labute approximate surface area is 153 Å². The lowest BCUT2D eigenvalue weighted by Crippen LogP contribution is -2.34. The number of rotatable bonds is 12. The second kappa shape index (κ2) is 11.8. The first-order valence-electron chi connectivity index (χ1n) is 8.08. The lowest BCUT2D eigenvalue weighted by molar-refractivity contribution is -0.153. The monoisotopic (exact) mass is 366 g/mol. The van der Waals surface area contributed by atoms with Crippen molar-refractivity contribution in [2.24, 2.45) is 0 Å². The highest BCUT2D eigenvalue weighted by atomic mass is 16.6. The van der Waals surface area contributed by atoms with Gasteiger partial charge in [0, 0.05) is 19.9 Å². The number of methoxy groups -OCH3 is 1. The van der Waals surface area contributed by atoms with Gasteiger partial charge in [0.1, 0.15) is 17.6 Å². The molecule has 0 saturated heterocycles. The molecule has 2 N–H and O–H groups in total. The van der Waals surface area contributed by atoms with Gasteiger partial charge in [-0.2, -0.15) is 0 Å². The van der Waals surface area contributed by atoms with Crippen LogP contribution in [0, 0.1) is 0 Å². The van der Waals surface area contributed by atoms with E-state index in [0.29, 0.717) is 18.0 Å². The van der Waals surface area contributed by atoms with E-state index in [1.165, 1.54) is 14.2 Å². The minimum atomic E-state index is -0.504. The third-order valence-electron chi connectivity index (χ3n) is 3.11. The van der Waals surface area contributed by atoms with Crippen LogP contribution >= 0.6 is 0 Å². The molecule has 1 rings (SSSR count). The summed E-state index contributed by atoms with van der Waals surface area (Å²) in [7, 11) is 3.07. The lowest BCUT2D eigenvalue weighted by atomic mass is 10.3. The van der Waals surface area contributed by atoms with Gasteiger partial charge in [0.25, 0.3) is 5.91 Å². The van der Waals surface area contributed by atoms with Crippen molar-refractivity contribution in [3.63, 3.8) is 0 Å². The molecule has 1 aromatic carbocycles. The molecule has 0 aliphatic heterocycles. The van der Waals surface area contributed by atoms with Gasteiger partial charge >= 0.3 is 5.97 Å². The van der Waals surface area contributed by atoms with E-state index in [2.05, 4.69) is 17.2 Å². The fraction of sp³-hybridized carbons (Fsp3) is 0.444. The van der Waals surface area contributed by atoms with E-state index in [1.807, 2.05) is 6.92 Å². The van der Waals surface area contributed by atoms with Crippen molar-refractivity contribution in [3.8, 4) is 11.5 Å². The number of allylic oxidation sites excluding steroid dienone is 1. The van der Waals surface area contributed by atoms with Gasteiger partial charge in [-0.25, -0.2) is 4.79 Å². The standard InChI is InChI=1S/C18H26N2O6/c1-13(2)20-9-16(10-23-4)26-18(22)12-25-15-7-5-14(6-8-15)24-11-17(21)19-3/h5-8,16,20H,1,9-12H2,2-4H3,(H,19,21). The third kappa shape index (κ3) is 8.93. The second-order valence-corrected chi connectivity index (χ2v) is 5.45. The number of hydrogen-bond donors (Lipinski definition) is 2. The number of hydrogen-bond acceptors (Lipinski definition) is 7. The zero-order chi connectivity index (χ0) is 19.4. The predicted molar refractivity (Wildman–Crippen MR) is 96.1 cm³/mol. The van der Waals surface area contributed by atoms with E-state index in [-0.39, 0.29) is 25.7 Å². The number of esters is 1. The summed E-state index contributed by atoms with van der Waals surface area (Å²) in [5, 5.41) is 5.47. The molecule has 1 amide bonds. The number of ether oxygens (including phenoxy) is 4. The summed E-state index contributed by atoms with van der Waals surface area (Å²) in [4.78, 5) is 23.0. The van der Waals surface area contributed by atoms with E-state index in [1.54, 1.807) is 24.3 Å². The van der Waals surface area contributed by atoms with E-state index in [4.69, 9.17) is 18.9 Å². The molecule has 26 heavy (non-hydrogen) atoms. The molecule has 144 valence electrons. The van der Waals surface area contributed by atoms with Crippen LogP contribution in [-0.2, 0) is 19.1 Å². The maximum atomic E-state index is 11.9. The van der Waals surface area contributed by atoms with Gasteiger partial charge in [0.05, 0.1) is 13.2 Å². The molecule has 0 aromatic heterocycles. The summed E-state index contributed by atoms with van der Waals surface area (Å²) in [5.41, 5.74) is 0.775. The molecule has 0 fully saturated rings. The summed E-state index contributed by atoms with van der Waals surface area (Å²) in [6.45, 7) is 5.92. The molecular weight excluding hydrogens is 340 g/mol. The van der Waals surface area contributed by atoms with Gasteiger partial charge < -0.3 is 29.6 Å². The van der Waals surface area contributed by atoms with E-state index < -0.39 is 12.1 Å². The fourth-order valence-corrected chi connectivity index (χ4v) is 1.82. The summed E-state index contributed by atoms with van der Waals surface area (Å²) in [5.74, 6) is 0.280. The zero-order valence-electron chi connectivity index (χ0n) is 15.4. The average Bonchev–Trinajstić information content (AvgIpc) is 2.63. The molecule has 0 aliphatic carbocycles. The molecule has 0 radical (unpaired) electrons. The SMILES string of the molecule is C=C(C)NCC(COC)OC(=O)COc1ccc(OCC(=O)NC)cc1. The van der Waals surface area contributed by atoms with Crippen molar-refractivity contribution in [3.05, 3.63) is 36.5 Å². The number of benzene rings is 1. The Morgan fingerprint density at radius 3 is 2.19 bits per heavy atom. The van der Waals surface area contributed by atoms with E-state index >= 15 is 0 Å². The van der Waals surface area contributed by atoms with E-state index in [9.17, 15) is 9.59 Å². The lowest BCUT2D eigenvalue weighted by Gasteiger charge is -2.18. The highest BCUT2D eigenvalue weighted by molar-refractivity contribution is 5.77. The largest absolute Gasteiger partial charge is 0.484 e. The fourth-order valence-electron chi connectivity index (χ4n) is 1.82. The Kier molecular flexibility index (Phi) is 9.63. The first kappa shape index (κ1) is 21.3. The number of nitrogens with one attached hydrogen (secondary N) is 2. The number of carbonyl (C=O) groups is 2. The molecule has 0 aliphatic rings. The van der Waals surface area contributed by atoms with Crippen LogP contribution in [0.15, 0.2) is 36.5 Å². The van der Waals surface area contributed by atoms with Crippen LogP contribution in [0.1, 0.15) is 6.92 Å². The molecule has 8 heteroatoms. The highest BCUT2D eigenvalue weighted by Gasteiger charge is 2.15. The molecule has 1 aromatic rings. The first-order valence-corrected chi connectivity index (χ1v) is 8.08. The Morgan fingerprint density at radius 2 is 1.69 bits per heavy atom.